The van der Waals surface area contributed by atoms with E-state index in [9.17, 15) is 19.2 Å². The lowest BCUT2D eigenvalue weighted by molar-refractivity contribution is -0.141. The molecule has 1 heterocycles. The smallest absolute Gasteiger partial charge is 0.287 e. The van der Waals surface area contributed by atoms with Crippen molar-refractivity contribution in [2.75, 3.05) is 13.1 Å². The topological polar surface area (TPSA) is 136 Å². The summed E-state index contributed by atoms with van der Waals surface area (Å²) >= 11 is 0. The van der Waals surface area contributed by atoms with Gasteiger partial charge in [-0.1, -0.05) is 39.5 Å². The number of nitrogens with one attached hydrogen (secondary N) is 1. The van der Waals surface area contributed by atoms with Gasteiger partial charge >= 0.3 is 0 Å². The van der Waals surface area contributed by atoms with E-state index in [1.807, 2.05) is 0 Å². The third-order valence-electron chi connectivity index (χ3n) is 7.98. The fourth-order valence-corrected chi connectivity index (χ4v) is 5.24. The fraction of sp³-hybridized carbons (Fsp3) is 0.818. The molecular formula is C22H36N4O4. The summed E-state index contributed by atoms with van der Waals surface area (Å²) in [4.78, 5) is 51.0. The van der Waals surface area contributed by atoms with Crippen LogP contribution in [-0.4, -0.2) is 53.6 Å². The quantitative estimate of drug-likeness (QED) is 0.472. The number of rotatable bonds is 9. The highest BCUT2D eigenvalue weighted by molar-refractivity contribution is 6.37. The molecule has 0 spiro atoms. The summed E-state index contributed by atoms with van der Waals surface area (Å²) < 4.78 is 0. The summed E-state index contributed by atoms with van der Waals surface area (Å²) in [6.07, 6.45) is 7.62. The average Bonchev–Trinajstić information content (AvgIpc) is 3.06. The first kappa shape index (κ1) is 22.7. The van der Waals surface area contributed by atoms with Crippen molar-refractivity contribution in [2.24, 2.45) is 34.6 Å². The van der Waals surface area contributed by atoms with Gasteiger partial charge in [0.2, 0.25) is 17.6 Å². The van der Waals surface area contributed by atoms with Crippen LogP contribution < -0.4 is 16.8 Å². The van der Waals surface area contributed by atoms with Gasteiger partial charge in [0, 0.05) is 6.54 Å². The Hall–Kier alpha value is -1.96. The van der Waals surface area contributed by atoms with E-state index >= 15 is 0 Å². The largest absolute Gasteiger partial charge is 0.363 e. The molecule has 3 atom stereocenters. The van der Waals surface area contributed by atoms with Gasteiger partial charge in [0.1, 0.15) is 6.04 Å². The van der Waals surface area contributed by atoms with Gasteiger partial charge in [-0.25, -0.2) is 0 Å². The number of primary amides is 1. The van der Waals surface area contributed by atoms with Crippen molar-refractivity contribution < 1.29 is 19.2 Å². The normalized spacial score (nSPS) is 25.9. The van der Waals surface area contributed by atoms with E-state index in [1.54, 1.807) is 4.90 Å². The number of ketones is 1. The van der Waals surface area contributed by atoms with Gasteiger partial charge in [-0.15, -0.1) is 0 Å². The molecule has 2 saturated carbocycles. The highest BCUT2D eigenvalue weighted by atomic mass is 16.2. The second-order valence-electron chi connectivity index (χ2n) is 9.97. The molecule has 2 aliphatic carbocycles. The molecule has 8 heteroatoms. The Balaban J connectivity index is 1.73. The van der Waals surface area contributed by atoms with E-state index in [0.29, 0.717) is 31.2 Å². The van der Waals surface area contributed by atoms with E-state index in [2.05, 4.69) is 19.2 Å². The van der Waals surface area contributed by atoms with E-state index < -0.39 is 23.8 Å². The Morgan fingerprint density at radius 3 is 2.17 bits per heavy atom. The van der Waals surface area contributed by atoms with Crippen molar-refractivity contribution in [1.82, 2.24) is 10.2 Å². The second-order valence-corrected chi connectivity index (χ2v) is 9.97. The van der Waals surface area contributed by atoms with Crippen LogP contribution in [0.4, 0.5) is 0 Å². The van der Waals surface area contributed by atoms with Crippen LogP contribution in [0.2, 0.25) is 0 Å². The zero-order valence-corrected chi connectivity index (χ0v) is 18.2. The Labute approximate surface area is 178 Å². The van der Waals surface area contributed by atoms with Gasteiger partial charge in [-0.05, 0) is 48.9 Å². The summed E-state index contributed by atoms with van der Waals surface area (Å²) in [7, 11) is 0. The molecule has 8 nitrogen and oxygen atoms in total. The van der Waals surface area contributed by atoms with Crippen molar-refractivity contribution in [3.8, 4) is 0 Å². The monoisotopic (exact) mass is 420 g/mol. The number of nitrogens with zero attached hydrogens (tertiary/aromatic N) is 1. The number of carbonyl (C=O) groups excluding carboxylic acids is 4. The van der Waals surface area contributed by atoms with Crippen molar-refractivity contribution >= 4 is 23.5 Å². The van der Waals surface area contributed by atoms with E-state index in [1.165, 1.54) is 19.3 Å². The SMILES string of the molecule is CC(C)(C1CCC1)C1CC(C(=O)NC(CC2CCC2)C(=O)C(N)=O)N(C(=O)CN)C1. The molecular weight excluding hydrogens is 384 g/mol. The lowest BCUT2D eigenvalue weighted by atomic mass is 9.61. The van der Waals surface area contributed by atoms with Gasteiger partial charge in [-0.2, -0.15) is 0 Å². The van der Waals surface area contributed by atoms with Crippen LogP contribution in [0.15, 0.2) is 0 Å². The Kier molecular flexibility index (Phi) is 6.84. The standard InChI is InChI=1S/C22H36N4O4/c1-22(2,14-7-4-8-14)15-10-17(26(12-15)18(27)11-23)21(30)25-16(19(28)20(24)29)9-13-5-3-6-13/h13-17H,3-12,23H2,1-2H3,(H2,24,29)(H,25,30). The van der Waals surface area contributed by atoms with Crippen LogP contribution in [-0.2, 0) is 19.2 Å². The number of likely N-dealkylation sites (tertiary alicyclic amines) is 1. The number of hydrogen-bond acceptors (Lipinski definition) is 5. The number of carbonyl (C=O) groups is 4. The van der Waals surface area contributed by atoms with Crippen LogP contribution in [0.3, 0.4) is 0 Å². The molecule has 0 bridgehead atoms. The minimum atomic E-state index is -1.04. The number of amides is 3. The lowest BCUT2D eigenvalue weighted by Crippen LogP contribution is -2.54. The van der Waals surface area contributed by atoms with Crippen molar-refractivity contribution in [2.45, 2.75) is 77.3 Å². The summed E-state index contributed by atoms with van der Waals surface area (Å²) in [5.74, 6) is -1.36. The molecule has 168 valence electrons. The van der Waals surface area contributed by atoms with E-state index in [0.717, 1.165) is 19.3 Å². The Bertz CT molecular complexity index is 699. The van der Waals surface area contributed by atoms with Crippen LogP contribution in [0.1, 0.15) is 65.2 Å². The molecule has 3 aliphatic rings. The van der Waals surface area contributed by atoms with Gasteiger partial charge < -0.3 is 21.7 Å². The summed E-state index contributed by atoms with van der Waals surface area (Å²) in [5, 5.41) is 2.75. The number of hydrogen-bond donors (Lipinski definition) is 3. The minimum Gasteiger partial charge on any atom is -0.363 e. The van der Waals surface area contributed by atoms with E-state index in [-0.39, 0.29) is 29.7 Å². The lowest BCUT2D eigenvalue weighted by Gasteiger charge is -2.44. The first-order valence-corrected chi connectivity index (χ1v) is 11.3. The second kappa shape index (κ2) is 9.04. The van der Waals surface area contributed by atoms with Gasteiger partial charge in [-0.3, -0.25) is 19.2 Å². The van der Waals surface area contributed by atoms with Crippen molar-refractivity contribution in [3.63, 3.8) is 0 Å². The van der Waals surface area contributed by atoms with Crippen LogP contribution in [0, 0.1) is 23.2 Å². The Morgan fingerprint density at radius 2 is 1.70 bits per heavy atom. The van der Waals surface area contributed by atoms with Gasteiger partial charge in [0.05, 0.1) is 12.6 Å². The predicted octanol–water partition coefficient (Wildman–Crippen LogP) is 0.718. The first-order valence-electron chi connectivity index (χ1n) is 11.3. The molecule has 3 fully saturated rings. The number of nitrogens with two attached hydrogens (primary N) is 2. The molecule has 0 aromatic rings. The predicted molar refractivity (Wildman–Crippen MR) is 112 cm³/mol. The van der Waals surface area contributed by atoms with Gasteiger partial charge in [0.15, 0.2) is 0 Å². The molecule has 3 unspecified atom stereocenters. The molecule has 0 aromatic carbocycles. The third-order valence-corrected chi connectivity index (χ3v) is 7.98. The maximum atomic E-state index is 13.2. The summed E-state index contributed by atoms with van der Waals surface area (Å²) in [6, 6.07) is -1.59. The van der Waals surface area contributed by atoms with Crippen molar-refractivity contribution in [3.05, 3.63) is 0 Å². The zero-order valence-electron chi connectivity index (χ0n) is 18.2. The third kappa shape index (κ3) is 4.53. The van der Waals surface area contributed by atoms with Crippen LogP contribution >= 0.6 is 0 Å². The van der Waals surface area contributed by atoms with Crippen LogP contribution in [0.5, 0.6) is 0 Å². The molecule has 0 aromatic heterocycles. The molecule has 5 N–H and O–H groups in total. The highest BCUT2D eigenvalue weighted by Gasteiger charge is 2.49. The molecule has 3 rings (SSSR count). The molecule has 3 amide bonds. The molecule has 30 heavy (non-hydrogen) atoms. The average molecular weight is 421 g/mol. The Morgan fingerprint density at radius 1 is 1.07 bits per heavy atom. The maximum absolute atomic E-state index is 13.2. The maximum Gasteiger partial charge on any atom is 0.287 e. The fourth-order valence-electron chi connectivity index (χ4n) is 5.24. The molecule has 1 saturated heterocycles. The first-order chi connectivity index (χ1) is 14.1. The summed E-state index contributed by atoms with van der Waals surface area (Å²) in [5.41, 5.74) is 10.8. The highest BCUT2D eigenvalue weighted by Crippen LogP contribution is 2.50. The van der Waals surface area contributed by atoms with Crippen LogP contribution in [0.25, 0.3) is 0 Å². The van der Waals surface area contributed by atoms with Crippen molar-refractivity contribution in [1.29, 1.82) is 0 Å². The van der Waals surface area contributed by atoms with Gasteiger partial charge in [0.25, 0.3) is 5.91 Å². The molecule has 1 aliphatic heterocycles. The van der Waals surface area contributed by atoms with E-state index in [4.69, 9.17) is 11.5 Å². The number of Topliss-reactive ketones (excluding diaryl/α,β-unsaturated/α-hetero) is 1. The molecule has 0 radical (unpaired) electrons. The minimum absolute atomic E-state index is 0.0226. The zero-order chi connectivity index (χ0) is 22.1. The summed E-state index contributed by atoms with van der Waals surface area (Å²) in [6.45, 7) is 4.78.